The summed E-state index contributed by atoms with van der Waals surface area (Å²) in [4.78, 5) is 0. The molecule has 0 spiro atoms. The predicted molar refractivity (Wildman–Crippen MR) is 55.7 cm³/mol. The van der Waals surface area contributed by atoms with Gasteiger partial charge in [0, 0.05) is 6.54 Å². The van der Waals surface area contributed by atoms with E-state index >= 15 is 0 Å². The minimum Gasteiger partial charge on any atom is -0.390 e. The Morgan fingerprint density at radius 2 is 2.36 bits per heavy atom. The smallest absolute Gasteiger partial charge is 0.0725 e. The molecule has 0 amide bonds. The van der Waals surface area contributed by atoms with E-state index < -0.39 is 5.60 Å². The molecule has 0 saturated carbocycles. The van der Waals surface area contributed by atoms with Crippen LogP contribution in [-0.4, -0.2) is 23.8 Å². The molecule has 3 heteroatoms. The van der Waals surface area contributed by atoms with Gasteiger partial charge in [0.25, 0.3) is 0 Å². The van der Waals surface area contributed by atoms with Gasteiger partial charge in [0.15, 0.2) is 0 Å². The lowest BCUT2D eigenvalue weighted by Gasteiger charge is -2.36. The molecule has 14 heavy (non-hydrogen) atoms. The molecular formula is C11H20N2O. The summed E-state index contributed by atoms with van der Waals surface area (Å²) in [6, 6.07) is 2.39. The molecule has 1 heterocycles. The minimum atomic E-state index is -0.700. The Bertz CT molecular complexity index is 224. The third kappa shape index (κ3) is 2.70. The van der Waals surface area contributed by atoms with Crippen LogP contribution in [0.5, 0.6) is 0 Å². The van der Waals surface area contributed by atoms with E-state index in [1.54, 1.807) is 0 Å². The van der Waals surface area contributed by atoms with Gasteiger partial charge < -0.3 is 10.4 Å². The van der Waals surface area contributed by atoms with E-state index in [9.17, 15) is 10.4 Å². The van der Waals surface area contributed by atoms with Crippen LogP contribution in [0.2, 0.25) is 0 Å². The molecule has 3 nitrogen and oxygen atoms in total. The van der Waals surface area contributed by atoms with Gasteiger partial charge in [0.05, 0.1) is 17.1 Å². The average molecular weight is 196 g/mol. The molecule has 1 aliphatic rings. The lowest BCUT2D eigenvalue weighted by molar-refractivity contribution is 0.0102. The van der Waals surface area contributed by atoms with Gasteiger partial charge >= 0.3 is 0 Å². The van der Waals surface area contributed by atoms with E-state index in [0.29, 0.717) is 12.8 Å². The summed E-state index contributed by atoms with van der Waals surface area (Å²) < 4.78 is 0. The lowest BCUT2D eigenvalue weighted by Crippen LogP contribution is -2.44. The van der Waals surface area contributed by atoms with Gasteiger partial charge in [-0.3, -0.25) is 0 Å². The highest BCUT2D eigenvalue weighted by molar-refractivity contribution is 5.05. The normalized spacial score (nSPS) is 31.9. The van der Waals surface area contributed by atoms with Crippen molar-refractivity contribution in [3.05, 3.63) is 0 Å². The minimum absolute atomic E-state index is 0.349. The highest BCUT2D eigenvalue weighted by atomic mass is 16.3. The van der Waals surface area contributed by atoms with Gasteiger partial charge in [0.2, 0.25) is 0 Å². The van der Waals surface area contributed by atoms with Crippen LogP contribution in [0.15, 0.2) is 0 Å². The van der Waals surface area contributed by atoms with E-state index in [4.69, 9.17) is 0 Å². The fourth-order valence-corrected chi connectivity index (χ4v) is 2.11. The van der Waals surface area contributed by atoms with Gasteiger partial charge in [-0.1, -0.05) is 6.92 Å². The standard InChI is InChI=1S/C11H20N2O/c1-3-10(2,14)7-11(8-12)5-4-6-13-9-11/h13-14H,3-7,9H2,1-2H3. The van der Waals surface area contributed by atoms with Crippen molar-refractivity contribution >= 4 is 0 Å². The quantitative estimate of drug-likeness (QED) is 0.718. The second-order valence-corrected chi connectivity index (χ2v) is 4.70. The Balaban J connectivity index is 2.66. The first-order valence-electron chi connectivity index (χ1n) is 5.38. The SMILES string of the molecule is CCC(C)(O)CC1(C#N)CCCNC1. The van der Waals surface area contributed by atoms with Crippen LogP contribution < -0.4 is 5.32 Å². The van der Waals surface area contributed by atoms with Crippen molar-refractivity contribution in [2.24, 2.45) is 5.41 Å². The summed E-state index contributed by atoms with van der Waals surface area (Å²) in [5.41, 5.74) is -1.05. The third-order valence-corrected chi connectivity index (χ3v) is 3.19. The molecule has 1 saturated heterocycles. The number of nitrogens with one attached hydrogen (secondary N) is 1. The van der Waals surface area contributed by atoms with Crippen molar-refractivity contribution in [1.29, 1.82) is 5.26 Å². The van der Waals surface area contributed by atoms with Crippen molar-refractivity contribution in [2.75, 3.05) is 13.1 Å². The Kier molecular flexibility index (Phi) is 3.52. The molecule has 0 radical (unpaired) electrons. The summed E-state index contributed by atoms with van der Waals surface area (Å²) in [6.07, 6.45) is 3.23. The summed E-state index contributed by atoms with van der Waals surface area (Å²) in [7, 11) is 0. The van der Waals surface area contributed by atoms with Gasteiger partial charge in [-0.05, 0) is 39.2 Å². The molecule has 1 rings (SSSR count). The molecule has 0 aromatic heterocycles. The highest BCUT2D eigenvalue weighted by Gasteiger charge is 2.38. The summed E-state index contributed by atoms with van der Waals surface area (Å²) >= 11 is 0. The number of aliphatic hydroxyl groups is 1. The first-order valence-corrected chi connectivity index (χ1v) is 5.38. The fourth-order valence-electron chi connectivity index (χ4n) is 2.11. The predicted octanol–water partition coefficient (Wildman–Crippen LogP) is 1.43. The molecule has 80 valence electrons. The molecule has 2 unspecified atom stereocenters. The lowest BCUT2D eigenvalue weighted by atomic mass is 9.73. The Hall–Kier alpha value is -0.590. The Morgan fingerprint density at radius 3 is 2.79 bits per heavy atom. The number of hydrogen-bond donors (Lipinski definition) is 2. The third-order valence-electron chi connectivity index (χ3n) is 3.19. The molecule has 0 aromatic rings. The Labute approximate surface area is 86.1 Å². The monoisotopic (exact) mass is 196 g/mol. The first-order chi connectivity index (χ1) is 6.54. The van der Waals surface area contributed by atoms with Crippen LogP contribution in [-0.2, 0) is 0 Å². The second-order valence-electron chi connectivity index (χ2n) is 4.70. The van der Waals surface area contributed by atoms with Gasteiger partial charge in [-0.25, -0.2) is 0 Å². The van der Waals surface area contributed by atoms with Crippen molar-refractivity contribution in [1.82, 2.24) is 5.32 Å². The second kappa shape index (κ2) is 4.29. The zero-order chi connectivity index (χ0) is 10.7. The van der Waals surface area contributed by atoms with Crippen LogP contribution in [0, 0.1) is 16.7 Å². The largest absolute Gasteiger partial charge is 0.390 e. The van der Waals surface area contributed by atoms with Crippen LogP contribution in [0.1, 0.15) is 39.5 Å². The zero-order valence-electron chi connectivity index (χ0n) is 9.14. The zero-order valence-corrected chi connectivity index (χ0v) is 9.14. The number of rotatable bonds is 3. The first kappa shape index (κ1) is 11.5. The molecule has 2 atom stereocenters. The van der Waals surface area contributed by atoms with Gasteiger partial charge in [-0.15, -0.1) is 0 Å². The van der Waals surface area contributed by atoms with Crippen LogP contribution in [0.4, 0.5) is 0 Å². The van der Waals surface area contributed by atoms with E-state index in [2.05, 4.69) is 11.4 Å². The van der Waals surface area contributed by atoms with E-state index in [-0.39, 0.29) is 5.41 Å². The van der Waals surface area contributed by atoms with Crippen molar-refractivity contribution in [2.45, 2.75) is 45.1 Å². The van der Waals surface area contributed by atoms with Crippen LogP contribution >= 0.6 is 0 Å². The molecule has 1 aliphatic heterocycles. The molecule has 0 aromatic carbocycles. The summed E-state index contributed by atoms with van der Waals surface area (Å²) in [6.45, 7) is 5.50. The van der Waals surface area contributed by atoms with Crippen molar-refractivity contribution in [3.63, 3.8) is 0 Å². The molecule has 0 aliphatic carbocycles. The van der Waals surface area contributed by atoms with Crippen molar-refractivity contribution < 1.29 is 5.11 Å². The fraction of sp³-hybridized carbons (Fsp3) is 0.909. The number of piperidine rings is 1. The molecule has 1 fully saturated rings. The summed E-state index contributed by atoms with van der Waals surface area (Å²) in [5.74, 6) is 0. The van der Waals surface area contributed by atoms with E-state index in [1.165, 1.54) is 0 Å². The number of nitriles is 1. The van der Waals surface area contributed by atoms with E-state index in [1.807, 2.05) is 13.8 Å². The average Bonchev–Trinajstić information content (AvgIpc) is 2.19. The Morgan fingerprint density at radius 1 is 1.64 bits per heavy atom. The summed E-state index contributed by atoms with van der Waals surface area (Å²) in [5, 5.41) is 22.4. The van der Waals surface area contributed by atoms with E-state index in [0.717, 1.165) is 25.9 Å². The topological polar surface area (TPSA) is 56.0 Å². The highest BCUT2D eigenvalue weighted by Crippen LogP contribution is 2.35. The maximum Gasteiger partial charge on any atom is 0.0725 e. The number of hydrogen-bond acceptors (Lipinski definition) is 3. The maximum atomic E-state index is 9.99. The van der Waals surface area contributed by atoms with Gasteiger partial charge in [-0.2, -0.15) is 5.26 Å². The number of nitrogens with zero attached hydrogens (tertiary/aromatic N) is 1. The molecule has 2 N–H and O–H groups in total. The van der Waals surface area contributed by atoms with Crippen molar-refractivity contribution in [3.8, 4) is 6.07 Å². The van der Waals surface area contributed by atoms with Crippen LogP contribution in [0.3, 0.4) is 0 Å². The molecular weight excluding hydrogens is 176 g/mol. The maximum absolute atomic E-state index is 9.99. The van der Waals surface area contributed by atoms with Gasteiger partial charge in [0.1, 0.15) is 0 Å². The molecule has 0 bridgehead atoms. The van der Waals surface area contributed by atoms with Crippen LogP contribution in [0.25, 0.3) is 0 Å².